The van der Waals surface area contributed by atoms with Crippen LogP contribution in [0.25, 0.3) is 0 Å². The van der Waals surface area contributed by atoms with Crippen LogP contribution in [-0.2, 0) is 21.7 Å². The number of amides is 1. The Morgan fingerprint density at radius 1 is 1.00 bits per heavy atom. The second-order valence-corrected chi connectivity index (χ2v) is 13.5. The van der Waals surface area contributed by atoms with Crippen molar-refractivity contribution in [2.45, 2.75) is 57.0 Å². The van der Waals surface area contributed by atoms with Gasteiger partial charge in [-0.25, -0.2) is 23.5 Å². The quantitative estimate of drug-likeness (QED) is 0.211. The van der Waals surface area contributed by atoms with E-state index in [1.807, 2.05) is 43.3 Å². The van der Waals surface area contributed by atoms with E-state index >= 15 is 0 Å². The van der Waals surface area contributed by atoms with Crippen molar-refractivity contribution in [3.63, 3.8) is 0 Å². The molecule has 0 bridgehead atoms. The van der Waals surface area contributed by atoms with Gasteiger partial charge in [0.2, 0.25) is 0 Å². The standard InChI is InChI=1S/C37H42F2N8O4/c1-3-34(25(2)48)47-36(49)35(42-43-47)27-4-7-29(8-5-27)44-14-16-45(17-15-44)30-9-11-31(12-10-30)50-20-26-19-37(51-21-26,22-46-24-40-23-41-46)32-13-6-28(38)18-33(32)39/h4-13,18,23-26,34-35,48H,3,14-17,19-22H2,1-2H3/t25-,26+,34-,35?,37-/m0/s1. The van der Waals surface area contributed by atoms with Gasteiger partial charge in [-0.1, -0.05) is 30.3 Å². The third-order valence-electron chi connectivity index (χ3n) is 10.1. The second-order valence-electron chi connectivity index (χ2n) is 13.5. The number of piperazine rings is 1. The van der Waals surface area contributed by atoms with E-state index in [-0.39, 0.29) is 24.4 Å². The van der Waals surface area contributed by atoms with E-state index < -0.39 is 29.4 Å². The number of hydrogen-bond donors (Lipinski definition) is 1. The number of carbonyl (C=O) groups excluding carboxylic acids is 1. The predicted molar refractivity (Wildman–Crippen MR) is 185 cm³/mol. The number of aliphatic hydroxyl groups excluding tert-OH is 1. The molecule has 1 amide bonds. The maximum absolute atomic E-state index is 15.0. The van der Waals surface area contributed by atoms with Gasteiger partial charge in [0, 0.05) is 55.1 Å². The molecule has 268 valence electrons. The first-order valence-electron chi connectivity index (χ1n) is 17.4. The van der Waals surface area contributed by atoms with Crippen molar-refractivity contribution >= 4 is 17.3 Å². The van der Waals surface area contributed by atoms with Crippen molar-refractivity contribution in [2.24, 2.45) is 16.3 Å². The fraction of sp³-hybridized carbons (Fsp3) is 0.432. The number of benzene rings is 3. The highest BCUT2D eigenvalue weighted by atomic mass is 19.1. The van der Waals surface area contributed by atoms with E-state index in [0.29, 0.717) is 31.6 Å². The van der Waals surface area contributed by atoms with Gasteiger partial charge in [0.1, 0.15) is 35.6 Å². The highest BCUT2D eigenvalue weighted by Crippen LogP contribution is 2.42. The number of halogens is 2. The molecule has 1 N–H and O–H groups in total. The van der Waals surface area contributed by atoms with Crippen molar-refractivity contribution in [3.05, 3.63) is 102 Å². The summed E-state index contributed by atoms with van der Waals surface area (Å²) in [6.45, 7) is 7.94. The molecule has 3 aliphatic rings. The molecule has 0 spiro atoms. The van der Waals surface area contributed by atoms with Gasteiger partial charge < -0.3 is 24.4 Å². The zero-order valence-electron chi connectivity index (χ0n) is 28.7. The average molecular weight is 701 g/mol. The molecule has 2 saturated heterocycles. The summed E-state index contributed by atoms with van der Waals surface area (Å²) in [5, 5.41) is 23.8. The molecule has 4 aromatic rings. The Morgan fingerprint density at radius 2 is 1.69 bits per heavy atom. The predicted octanol–water partition coefficient (Wildman–Crippen LogP) is 5.30. The van der Waals surface area contributed by atoms with Gasteiger partial charge in [0.15, 0.2) is 6.04 Å². The van der Waals surface area contributed by atoms with Gasteiger partial charge >= 0.3 is 0 Å². The minimum absolute atomic E-state index is 0.0129. The van der Waals surface area contributed by atoms with Crippen molar-refractivity contribution in [3.8, 4) is 5.75 Å². The summed E-state index contributed by atoms with van der Waals surface area (Å²) in [6, 6.07) is 18.5. The van der Waals surface area contributed by atoms with E-state index in [0.717, 1.165) is 54.9 Å². The lowest BCUT2D eigenvalue weighted by Gasteiger charge is -2.37. The number of ether oxygens (including phenoxy) is 2. The Kier molecular flexibility index (Phi) is 9.96. The second kappa shape index (κ2) is 14.7. The van der Waals surface area contributed by atoms with Crippen LogP contribution in [0.4, 0.5) is 20.2 Å². The Labute approximate surface area is 295 Å². The summed E-state index contributed by atoms with van der Waals surface area (Å²) < 4.78 is 42.7. The summed E-state index contributed by atoms with van der Waals surface area (Å²) >= 11 is 0. The average Bonchev–Trinajstić information content (AvgIpc) is 3.90. The van der Waals surface area contributed by atoms with Crippen LogP contribution in [-0.4, -0.2) is 82.3 Å². The van der Waals surface area contributed by atoms with Crippen molar-refractivity contribution in [2.75, 3.05) is 49.2 Å². The highest BCUT2D eigenvalue weighted by molar-refractivity contribution is 5.84. The molecule has 3 aromatic carbocycles. The Morgan fingerprint density at radius 3 is 2.29 bits per heavy atom. The van der Waals surface area contributed by atoms with Crippen LogP contribution < -0.4 is 14.5 Å². The number of aliphatic hydroxyl groups is 1. The van der Waals surface area contributed by atoms with Gasteiger partial charge in [-0.15, -0.1) is 0 Å². The van der Waals surface area contributed by atoms with E-state index in [9.17, 15) is 18.7 Å². The number of hydrogen-bond acceptors (Lipinski definition) is 10. The lowest BCUT2D eigenvalue weighted by molar-refractivity contribution is -0.134. The minimum Gasteiger partial charge on any atom is -0.493 e. The summed E-state index contributed by atoms with van der Waals surface area (Å²) in [4.78, 5) is 21.7. The van der Waals surface area contributed by atoms with Gasteiger partial charge in [0.05, 0.1) is 31.9 Å². The molecule has 7 rings (SSSR count). The number of rotatable bonds is 12. The molecular formula is C37H42F2N8O4. The van der Waals surface area contributed by atoms with Crippen molar-refractivity contribution in [1.82, 2.24) is 19.8 Å². The zero-order valence-corrected chi connectivity index (χ0v) is 28.7. The first-order valence-corrected chi connectivity index (χ1v) is 17.4. The van der Waals surface area contributed by atoms with E-state index in [4.69, 9.17) is 9.47 Å². The molecule has 1 aromatic heterocycles. The smallest absolute Gasteiger partial charge is 0.275 e. The first-order chi connectivity index (χ1) is 24.7. The van der Waals surface area contributed by atoms with Crippen molar-refractivity contribution in [1.29, 1.82) is 0 Å². The van der Waals surface area contributed by atoms with E-state index in [2.05, 4.69) is 42.4 Å². The molecule has 5 atom stereocenters. The van der Waals surface area contributed by atoms with Crippen LogP contribution in [0.2, 0.25) is 0 Å². The number of aromatic nitrogens is 3. The Hall–Kier alpha value is -4.95. The largest absolute Gasteiger partial charge is 0.493 e. The number of anilines is 2. The van der Waals surface area contributed by atoms with Crippen LogP contribution >= 0.6 is 0 Å². The molecule has 0 saturated carbocycles. The highest BCUT2D eigenvalue weighted by Gasteiger charge is 2.45. The molecule has 3 aliphatic heterocycles. The van der Waals surface area contributed by atoms with E-state index in [1.165, 1.54) is 23.5 Å². The zero-order chi connectivity index (χ0) is 35.5. The van der Waals surface area contributed by atoms with Gasteiger partial charge in [0.25, 0.3) is 5.91 Å². The van der Waals surface area contributed by atoms with Gasteiger partial charge in [-0.3, -0.25) is 4.79 Å². The maximum Gasteiger partial charge on any atom is 0.275 e. The van der Waals surface area contributed by atoms with Crippen molar-refractivity contribution < 1.29 is 28.2 Å². The summed E-state index contributed by atoms with van der Waals surface area (Å²) in [5.74, 6) is -0.781. The Balaban J connectivity index is 0.907. The lowest BCUT2D eigenvalue weighted by atomic mass is 9.87. The van der Waals surface area contributed by atoms with Gasteiger partial charge in [-0.05, 0) is 67.8 Å². The summed E-state index contributed by atoms with van der Waals surface area (Å²) in [7, 11) is 0. The lowest BCUT2D eigenvalue weighted by Crippen LogP contribution is -2.46. The molecule has 4 heterocycles. The fourth-order valence-electron chi connectivity index (χ4n) is 7.33. The SMILES string of the molecule is CC[C@@H]([C@H](C)O)N1N=NC(c2ccc(N3CCN(c4ccc(OC[C@@H]5CO[C@@](Cn6cncn6)(c6ccc(F)cc6F)C5)cc4)CC3)cc2)C1=O. The molecule has 14 heteroatoms. The summed E-state index contributed by atoms with van der Waals surface area (Å²) in [5.41, 5.74) is 2.25. The minimum atomic E-state index is -1.02. The number of carbonyl (C=O) groups is 1. The molecule has 1 unspecified atom stereocenters. The summed E-state index contributed by atoms with van der Waals surface area (Å²) in [6.07, 6.45) is 3.35. The van der Waals surface area contributed by atoms with Crippen LogP contribution in [0.5, 0.6) is 5.75 Å². The van der Waals surface area contributed by atoms with Crippen LogP contribution in [0.3, 0.4) is 0 Å². The van der Waals surface area contributed by atoms with Crippen LogP contribution in [0, 0.1) is 17.6 Å². The van der Waals surface area contributed by atoms with Crippen LogP contribution in [0.1, 0.15) is 43.9 Å². The van der Waals surface area contributed by atoms with Crippen LogP contribution in [0.15, 0.2) is 89.7 Å². The van der Waals surface area contributed by atoms with E-state index in [1.54, 1.807) is 17.9 Å². The topological polar surface area (TPSA) is 121 Å². The molecule has 12 nitrogen and oxygen atoms in total. The third kappa shape index (κ3) is 7.29. The maximum atomic E-state index is 15.0. The normalized spacial score (nSPS) is 23.2. The molecule has 51 heavy (non-hydrogen) atoms. The molecular weight excluding hydrogens is 658 g/mol. The molecule has 0 aliphatic carbocycles. The molecule has 2 fully saturated rings. The number of nitrogens with zero attached hydrogens (tertiary/aromatic N) is 8. The monoisotopic (exact) mass is 700 g/mol. The molecule has 0 radical (unpaired) electrons. The van der Waals surface area contributed by atoms with Gasteiger partial charge in [-0.2, -0.15) is 10.2 Å². The first kappa shape index (κ1) is 34.5. The Bertz CT molecular complexity index is 1820. The fourth-order valence-corrected chi connectivity index (χ4v) is 7.33. The third-order valence-corrected chi connectivity index (χ3v) is 10.1.